The molecule has 0 radical (unpaired) electrons. The van der Waals surface area contributed by atoms with Crippen LogP contribution in [0.2, 0.25) is 10.0 Å². The number of ether oxygens (including phenoxy) is 3. The maximum atomic E-state index is 6.38. The molecule has 0 N–H and O–H groups in total. The third-order valence-corrected chi connectivity index (χ3v) is 8.12. The number of benzene rings is 1. The van der Waals surface area contributed by atoms with E-state index in [-0.39, 0.29) is 12.3 Å². The lowest BCUT2D eigenvalue weighted by molar-refractivity contribution is -0.0367. The van der Waals surface area contributed by atoms with Gasteiger partial charge in [0.2, 0.25) is 0 Å². The van der Waals surface area contributed by atoms with E-state index in [9.17, 15) is 0 Å². The number of nitrogens with zero attached hydrogens (tertiary/aromatic N) is 5. The van der Waals surface area contributed by atoms with Crippen molar-refractivity contribution >= 4 is 46.3 Å². The minimum absolute atomic E-state index is 0.0883. The van der Waals surface area contributed by atoms with Crippen LogP contribution in [0.25, 0.3) is 23.1 Å². The molecule has 41 heavy (non-hydrogen) atoms. The molecule has 6 rings (SSSR count). The summed E-state index contributed by atoms with van der Waals surface area (Å²) >= 11 is 12.8. The molecule has 0 saturated carbocycles. The van der Waals surface area contributed by atoms with E-state index in [1.165, 1.54) is 0 Å². The van der Waals surface area contributed by atoms with E-state index in [1.807, 2.05) is 48.2 Å². The molecular weight excluding hydrogens is 561 g/mol. The molecule has 2 saturated heterocycles. The van der Waals surface area contributed by atoms with Crippen LogP contribution in [0.4, 0.5) is 0 Å². The van der Waals surface area contributed by atoms with Crippen molar-refractivity contribution < 1.29 is 14.2 Å². The van der Waals surface area contributed by atoms with Crippen LogP contribution >= 0.6 is 23.2 Å². The number of pyridine rings is 2. The first-order valence-corrected chi connectivity index (χ1v) is 14.8. The van der Waals surface area contributed by atoms with Gasteiger partial charge < -0.3 is 14.2 Å². The summed E-state index contributed by atoms with van der Waals surface area (Å²) in [5.74, 6) is 0.696. The highest BCUT2D eigenvalue weighted by Crippen LogP contribution is 2.35. The van der Waals surface area contributed by atoms with Crippen LogP contribution < -0.4 is 4.74 Å². The van der Waals surface area contributed by atoms with Gasteiger partial charge in [-0.3, -0.25) is 14.9 Å². The van der Waals surface area contributed by atoms with Gasteiger partial charge in [0.1, 0.15) is 11.9 Å². The van der Waals surface area contributed by atoms with Crippen LogP contribution in [-0.4, -0.2) is 57.6 Å². The summed E-state index contributed by atoms with van der Waals surface area (Å²) in [5, 5.41) is 6.91. The Morgan fingerprint density at radius 1 is 1.02 bits per heavy atom. The highest BCUT2D eigenvalue weighted by atomic mass is 35.5. The summed E-state index contributed by atoms with van der Waals surface area (Å²) in [5.41, 5.74) is 4.61. The molecule has 4 aromatic rings. The molecule has 10 heteroatoms. The van der Waals surface area contributed by atoms with E-state index in [0.29, 0.717) is 21.4 Å². The van der Waals surface area contributed by atoms with Crippen molar-refractivity contribution in [3.63, 3.8) is 0 Å². The maximum absolute atomic E-state index is 6.38. The van der Waals surface area contributed by atoms with Gasteiger partial charge >= 0.3 is 0 Å². The average molecular weight is 595 g/mol. The molecule has 0 bridgehead atoms. The summed E-state index contributed by atoms with van der Waals surface area (Å²) in [4.78, 5) is 11.1. The number of rotatable bonds is 8. The van der Waals surface area contributed by atoms with Crippen LogP contribution in [0.3, 0.4) is 0 Å². The predicted molar refractivity (Wildman–Crippen MR) is 161 cm³/mol. The molecule has 2 aliphatic rings. The zero-order valence-electron chi connectivity index (χ0n) is 23.0. The van der Waals surface area contributed by atoms with Gasteiger partial charge in [-0.2, -0.15) is 5.10 Å². The van der Waals surface area contributed by atoms with Crippen LogP contribution in [0.5, 0.6) is 5.75 Å². The smallest absolute Gasteiger partial charge is 0.150 e. The number of fused-ring (bicyclic) bond motifs is 1. The minimum Gasteiger partial charge on any atom is -0.486 e. The molecule has 8 nitrogen and oxygen atoms in total. The fraction of sp³-hybridized carbons (Fsp3) is 0.387. The molecule has 3 aromatic heterocycles. The normalized spacial score (nSPS) is 19.1. The second-order valence-electron chi connectivity index (χ2n) is 10.4. The van der Waals surface area contributed by atoms with E-state index >= 15 is 0 Å². The SMILES string of the molecule is CC(Oc1ccc2c(c1)c(/C=C/c1ccc(CN3CCOCC3)nc1)nn2C1CCCCO1)c1c(Cl)cncc1Cl. The molecule has 2 fully saturated rings. The molecule has 0 spiro atoms. The van der Waals surface area contributed by atoms with Crippen molar-refractivity contribution in [2.24, 2.45) is 0 Å². The first-order chi connectivity index (χ1) is 20.0. The standard InChI is InChI=1S/C31H33Cl2N5O3/c1-21(31-26(32)18-34-19-27(31)33)41-24-8-10-29-25(16-24)28(36-38(29)30-4-2-3-13-40-30)9-6-22-5-7-23(35-17-22)20-37-11-14-39-15-12-37/h5-10,16-19,21,30H,2-4,11-15,20H2,1H3/b9-6+. The lowest BCUT2D eigenvalue weighted by Crippen LogP contribution is -2.35. The van der Waals surface area contributed by atoms with Gasteiger partial charge in [-0.05, 0) is 62.1 Å². The third-order valence-electron chi connectivity index (χ3n) is 7.52. The number of hydrogen-bond donors (Lipinski definition) is 0. The molecular formula is C31H33Cl2N5O3. The minimum atomic E-state index is -0.367. The summed E-state index contributed by atoms with van der Waals surface area (Å²) in [6, 6.07) is 10.2. The van der Waals surface area contributed by atoms with Gasteiger partial charge in [-0.15, -0.1) is 0 Å². The van der Waals surface area contributed by atoms with Gasteiger partial charge in [0.05, 0.1) is 40.2 Å². The van der Waals surface area contributed by atoms with E-state index in [2.05, 4.69) is 22.0 Å². The average Bonchev–Trinajstić information content (AvgIpc) is 3.35. The number of halogens is 2. The summed E-state index contributed by atoms with van der Waals surface area (Å²) in [6.45, 7) is 6.95. The van der Waals surface area contributed by atoms with Gasteiger partial charge in [0.15, 0.2) is 6.23 Å². The second-order valence-corrected chi connectivity index (χ2v) is 11.2. The Balaban J connectivity index is 1.27. The summed E-state index contributed by atoms with van der Waals surface area (Å²) < 4.78 is 19.8. The Morgan fingerprint density at radius 3 is 2.59 bits per heavy atom. The monoisotopic (exact) mass is 593 g/mol. The fourth-order valence-electron chi connectivity index (χ4n) is 5.34. The van der Waals surface area contributed by atoms with Gasteiger partial charge in [-0.1, -0.05) is 35.3 Å². The molecule has 2 aliphatic heterocycles. The molecule has 1 aromatic carbocycles. The van der Waals surface area contributed by atoms with Crippen LogP contribution in [0, 0.1) is 0 Å². The number of morpholine rings is 1. The van der Waals surface area contributed by atoms with Crippen LogP contribution in [0.1, 0.15) is 61.0 Å². The second kappa shape index (κ2) is 12.9. The molecule has 214 valence electrons. The molecule has 2 unspecified atom stereocenters. The largest absolute Gasteiger partial charge is 0.486 e. The third kappa shape index (κ3) is 6.58. The summed E-state index contributed by atoms with van der Waals surface area (Å²) in [6.07, 6.45) is 11.8. The Hall–Kier alpha value is -3.01. The molecule has 0 aliphatic carbocycles. The van der Waals surface area contributed by atoms with E-state index in [1.54, 1.807) is 12.4 Å². The lowest BCUT2D eigenvalue weighted by atomic mass is 10.1. The quantitative estimate of drug-likeness (QED) is 0.218. The van der Waals surface area contributed by atoms with Gasteiger partial charge in [-0.25, -0.2) is 4.68 Å². The first kappa shape index (κ1) is 28.1. The van der Waals surface area contributed by atoms with E-state index in [4.69, 9.17) is 47.5 Å². The number of hydrogen-bond acceptors (Lipinski definition) is 7. The Morgan fingerprint density at radius 2 is 1.85 bits per heavy atom. The molecule has 5 heterocycles. The van der Waals surface area contributed by atoms with Crippen molar-refractivity contribution in [2.75, 3.05) is 32.9 Å². The van der Waals surface area contributed by atoms with E-state index < -0.39 is 0 Å². The van der Waals surface area contributed by atoms with Crippen molar-refractivity contribution in [1.29, 1.82) is 0 Å². The fourth-order valence-corrected chi connectivity index (χ4v) is 6.01. The lowest BCUT2D eigenvalue weighted by Gasteiger charge is -2.26. The molecule has 2 atom stereocenters. The van der Waals surface area contributed by atoms with Crippen LogP contribution in [0.15, 0.2) is 48.9 Å². The van der Waals surface area contributed by atoms with Gasteiger partial charge in [0.25, 0.3) is 0 Å². The maximum Gasteiger partial charge on any atom is 0.150 e. The van der Waals surface area contributed by atoms with Crippen LogP contribution in [-0.2, 0) is 16.0 Å². The van der Waals surface area contributed by atoms with Crippen molar-refractivity contribution in [2.45, 2.75) is 45.1 Å². The van der Waals surface area contributed by atoms with Crippen molar-refractivity contribution in [1.82, 2.24) is 24.6 Å². The highest BCUT2D eigenvalue weighted by Gasteiger charge is 2.22. The van der Waals surface area contributed by atoms with Crippen molar-refractivity contribution in [3.8, 4) is 5.75 Å². The Bertz CT molecular complexity index is 1490. The highest BCUT2D eigenvalue weighted by molar-refractivity contribution is 6.35. The topological polar surface area (TPSA) is 74.5 Å². The first-order valence-electron chi connectivity index (χ1n) is 14.1. The van der Waals surface area contributed by atoms with Gasteiger partial charge in [0, 0.05) is 55.8 Å². The Labute approximate surface area is 249 Å². The summed E-state index contributed by atoms with van der Waals surface area (Å²) in [7, 11) is 0. The predicted octanol–water partition coefficient (Wildman–Crippen LogP) is 6.97. The van der Waals surface area contributed by atoms with E-state index in [0.717, 1.165) is 86.6 Å². The Kier molecular flexibility index (Phi) is 8.84. The van der Waals surface area contributed by atoms with Crippen molar-refractivity contribution in [3.05, 3.63) is 81.5 Å². The number of aromatic nitrogens is 4. The molecule has 0 amide bonds. The zero-order chi connectivity index (χ0) is 28.2. The zero-order valence-corrected chi connectivity index (χ0v) is 24.5.